The van der Waals surface area contributed by atoms with Crippen LogP contribution in [0.3, 0.4) is 0 Å². The molecule has 17 heavy (non-hydrogen) atoms. The van der Waals surface area contributed by atoms with Crippen molar-refractivity contribution in [3.05, 3.63) is 23.4 Å². The number of hydrogen-bond acceptors (Lipinski definition) is 6. The minimum Gasteiger partial charge on any atom is -0.392 e. The SMILES string of the molecule is C[C@H](O)[C@@H](C)SCc1nc(-c2cccs2)no1. The van der Waals surface area contributed by atoms with E-state index < -0.39 is 0 Å². The molecule has 2 heterocycles. The van der Waals surface area contributed by atoms with E-state index in [1.165, 1.54) is 0 Å². The molecule has 2 aromatic rings. The third-order valence-electron chi connectivity index (χ3n) is 2.36. The average Bonchev–Trinajstić information content (AvgIpc) is 2.95. The minimum absolute atomic E-state index is 0.159. The molecular weight excluding hydrogens is 256 g/mol. The van der Waals surface area contributed by atoms with E-state index in [2.05, 4.69) is 10.1 Å². The molecule has 92 valence electrons. The zero-order valence-electron chi connectivity index (χ0n) is 9.66. The Labute approximate surface area is 108 Å². The maximum atomic E-state index is 9.37. The first-order valence-corrected chi connectivity index (χ1v) is 7.26. The summed E-state index contributed by atoms with van der Waals surface area (Å²) in [6.07, 6.45) is -0.334. The van der Waals surface area contributed by atoms with Crippen LogP contribution >= 0.6 is 23.1 Å². The molecule has 2 aromatic heterocycles. The Kier molecular flexibility index (Phi) is 4.20. The van der Waals surface area contributed by atoms with Crippen LogP contribution in [0.25, 0.3) is 10.7 Å². The van der Waals surface area contributed by atoms with Crippen molar-refractivity contribution in [1.82, 2.24) is 10.1 Å². The molecule has 0 aliphatic rings. The lowest BCUT2D eigenvalue weighted by atomic mass is 10.3. The molecule has 0 fully saturated rings. The molecule has 0 unspecified atom stereocenters. The standard InChI is InChI=1S/C11H14N2O2S2/c1-7(14)8(2)17-6-10-12-11(13-15-10)9-4-3-5-16-9/h3-5,7-8,14H,6H2,1-2H3/t7-,8+/m0/s1. The van der Waals surface area contributed by atoms with Gasteiger partial charge in [-0.1, -0.05) is 18.1 Å². The molecule has 0 aliphatic heterocycles. The van der Waals surface area contributed by atoms with Crippen LogP contribution in [0.1, 0.15) is 19.7 Å². The highest BCUT2D eigenvalue weighted by molar-refractivity contribution is 7.99. The Balaban J connectivity index is 1.95. The molecule has 0 aromatic carbocycles. The first-order chi connectivity index (χ1) is 8.16. The number of aliphatic hydroxyl groups excluding tert-OH is 1. The van der Waals surface area contributed by atoms with Gasteiger partial charge in [0.15, 0.2) is 0 Å². The number of aromatic nitrogens is 2. The number of thiophene rings is 1. The molecule has 0 radical (unpaired) electrons. The molecule has 4 nitrogen and oxygen atoms in total. The fourth-order valence-corrected chi connectivity index (χ4v) is 2.61. The predicted octanol–water partition coefficient (Wildman–Crippen LogP) is 2.80. The van der Waals surface area contributed by atoms with E-state index in [1.54, 1.807) is 30.0 Å². The van der Waals surface area contributed by atoms with Gasteiger partial charge in [0.2, 0.25) is 11.7 Å². The Morgan fingerprint density at radius 1 is 1.53 bits per heavy atom. The van der Waals surface area contributed by atoms with Crippen molar-refractivity contribution in [1.29, 1.82) is 0 Å². The van der Waals surface area contributed by atoms with Gasteiger partial charge in [0.1, 0.15) is 0 Å². The van der Waals surface area contributed by atoms with Crippen molar-refractivity contribution in [2.45, 2.75) is 31.0 Å². The second kappa shape index (κ2) is 5.66. The lowest BCUT2D eigenvalue weighted by molar-refractivity contribution is 0.196. The van der Waals surface area contributed by atoms with Crippen LogP contribution in [0.15, 0.2) is 22.0 Å². The van der Waals surface area contributed by atoms with Crippen LogP contribution in [-0.4, -0.2) is 26.6 Å². The lowest BCUT2D eigenvalue weighted by Gasteiger charge is -2.11. The minimum atomic E-state index is -0.334. The maximum Gasteiger partial charge on any atom is 0.236 e. The topological polar surface area (TPSA) is 59.2 Å². The Morgan fingerprint density at radius 3 is 3.00 bits per heavy atom. The van der Waals surface area contributed by atoms with Gasteiger partial charge in [-0.05, 0) is 18.4 Å². The van der Waals surface area contributed by atoms with Gasteiger partial charge in [-0.25, -0.2) is 0 Å². The van der Waals surface area contributed by atoms with E-state index in [4.69, 9.17) is 4.52 Å². The monoisotopic (exact) mass is 270 g/mol. The molecule has 2 rings (SSSR count). The summed E-state index contributed by atoms with van der Waals surface area (Å²) in [7, 11) is 0. The highest BCUT2D eigenvalue weighted by atomic mass is 32.2. The Bertz CT molecular complexity index is 454. The molecule has 1 N–H and O–H groups in total. The van der Waals surface area contributed by atoms with E-state index in [0.717, 1.165) is 4.88 Å². The zero-order chi connectivity index (χ0) is 12.3. The van der Waals surface area contributed by atoms with Gasteiger partial charge in [-0.15, -0.1) is 23.1 Å². The third kappa shape index (κ3) is 3.31. The first kappa shape index (κ1) is 12.6. The van der Waals surface area contributed by atoms with E-state index in [1.807, 2.05) is 24.4 Å². The fraction of sp³-hybridized carbons (Fsp3) is 0.455. The van der Waals surface area contributed by atoms with Gasteiger partial charge < -0.3 is 9.63 Å². The quantitative estimate of drug-likeness (QED) is 0.905. The van der Waals surface area contributed by atoms with Gasteiger partial charge >= 0.3 is 0 Å². The number of thioether (sulfide) groups is 1. The molecule has 0 saturated carbocycles. The van der Waals surface area contributed by atoms with Crippen molar-refractivity contribution in [2.24, 2.45) is 0 Å². The average molecular weight is 270 g/mol. The molecule has 0 amide bonds. The Hall–Kier alpha value is -0.850. The van der Waals surface area contributed by atoms with Gasteiger partial charge in [0.05, 0.1) is 16.7 Å². The number of nitrogens with zero attached hydrogens (tertiary/aromatic N) is 2. The van der Waals surface area contributed by atoms with E-state index in [0.29, 0.717) is 17.5 Å². The molecule has 0 aliphatic carbocycles. The van der Waals surface area contributed by atoms with Crippen LogP contribution in [-0.2, 0) is 5.75 Å². The molecule has 2 atom stereocenters. The molecule has 0 spiro atoms. The van der Waals surface area contributed by atoms with Gasteiger partial charge in [0, 0.05) is 5.25 Å². The molecular formula is C11H14N2O2S2. The number of rotatable bonds is 5. The van der Waals surface area contributed by atoms with Gasteiger partial charge in [-0.2, -0.15) is 4.98 Å². The van der Waals surface area contributed by atoms with Crippen LogP contribution in [0.5, 0.6) is 0 Å². The van der Waals surface area contributed by atoms with Crippen LogP contribution < -0.4 is 0 Å². The summed E-state index contributed by atoms with van der Waals surface area (Å²) in [6, 6.07) is 3.92. The van der Waals surface area contributed by atoms with Crippen molar-refractivity contribution >= 4 is 23.1 Å². The van der Waals surface area contributed by atoms with Gasteiger partial charge in [-0.3, -0.25) is 0 Å². The number of hydrogen-bond donors (Lipinski definition) is 1. The highest BCUT2D eigenvalue weighted by Crippen LogP contribution is 2.24. The van der Waals surface area contributed by atoms with E-state index >= 15 is 0 Å². The second-order valence-electron chi connectivity index (χ2n) is 3.75. The lowest BCUT2D eigenvalue weighted by Crippen LogP contribution is -2.15. The maximum absolute atomic E-state index is 9.37. The van der Waals surface area contributed by atoms with Crippen molar-refractivity contribution in [2.75, 3.05) is 0 Å². The summed E-state index contributed by atoms with van der Waals surface area (Å²) in [5.74, 6) is 1.87. The van der Waals surface area contributed by atoms with Crippen molar-refractivity contribution < 1.29 is 9.63 Å². The summed E-state index contributed by atoms with van der Waals surface area (Å²) >= 11 is 3.19. The molecule has 6 heteroatoms. The Morgan fingerprint density at radius 2 is 2.35 bits per heavy atom. The molecule has 0 bridgehead atoms. The first-order valence-electron chi connectivity index (χ1n) is 5.33. The zero-order valence-corrected chi connectivity index (χ0v) is 11.3. The second-order valence-corrected chi connectivity index (χ2v) is 6.06. The normalized spacial score (nSPS) is 14.8. The summed E-state index contributed by atoms with van der Waals surface area (Å²) in [5.41, 5.74) is 0. The summed E-state index contributed by atoms with van der Waals surface area (Å²) < 4.78 is 5.16. The van der Waals surface area contributed by atoms with E-state index in [9.17, 15) is 5.11 Å². The van der Waals surface area contributed by atoms with Crippen molar-refractivity contribution in [3.63, 3.8) is 0 Å². The summed E-state index contributed by atoms with van der Waals surface area (Å²) in [6.45, 7) is 3.76. The van der Waals surface area contributed by atoms with Crippen LogP contribution in [0.2, 0.25) is 0 Å². The molecule has 0 saturated heterocycles. The third-order valence-corrected chi connectivity index (χ3v) is 4.56. The number of aliphatic hydroxyl groups is 1. The van der Waals surface area contributed by atoms with Crippen LogP contribution in [0, 0.1) is 0 Å². The van der Waals surface area contributed by atoms with Crippen molar-refractivity contribution in [3.8, 4) is 10.7 Å². The summed E-state index contributed by atoms with van der Waals surface area (Å²) in [4.78, 5) is 5.32. The van der Waals surface area contributed by atoms with Gasteiger partial charge in [0.25, 0.3) is 0 Å². The fourth-order valence-electron chi connectivity index (χ4n) is 1.16. The summed E-state index contributed by atoms with van der Waals surface area (Å²) in [5, 5.41) is 15.4. The van der Waals surface area contributed by atoms with Crippen LogP contribution in [0.4, 0.5) is 0 Å². The smallest absolute Gasteiger partial charge is 0.236 e. The van der Waals surface area contributed by atoms with E-state index in [-0.39, 0.29) is 11.4 Å². The predicted molar refractivity (Wildman–Crippen MR) is 70.0 cm³/mol. The largest absolute Gasteiger partial charge is 0.392 e. The highest BCUT2D eigenvalue weighted by Gasteiger charge is 2.13.